The molecule has 1 aromatic heterocycles. The number of hydrogen-bond acceptors (Lipinski definition) is 5. The number of aryl methyl sites for hydroxylation is 1. The average Bonchev–Trinajstić information content (AvgIpc) is 2.94. The van der Waals surface area contributed by atoms with Gasteiger partial charge in [0.2, 0.25) is 0 Å². The molecule has 2 aromatic carbocycles. The van der Waals surface area contributed by atoms with Crippen LogP contribution in [0.3, 0.4) is 0 Å². The van der Waals surface area contributed by atoms with Gasteiger partial charge < -0.3 is 5.11 Å². The number of benzene rings is 2. The summed E-state index contributed by atoms with van der Waals surface area (Å²) >= 11 is 6.13. The molecule has 6 nitrogen and oxygen atoms in total. The molecule has 6 rings (SSSR count). The summed E-state index contributed by atoms with van der Waals surface area (Å²) in [5, 5.41) is 9.72. The maximum Gasteiger partial charge on any atom is 0.303 e. The van der Waals surface area contributed by atoms with Gasteiger partial charge in [0.1, 0.15) is 0 Å². The van der Waals surface area contributed by atoms with Crippen molar-refractivity contribution in [1.29, 1.82) is 0 Å². The Morgan fingerprint density at radius 2 is 1.77 bits per heavy atom. The Labute approximate surface area is 236 Å². The quantitative estimate of drug-likeness (QED) is 0.200. The number of fused-ring (bicyclic) bond motifs is 4. The van der Waals surface area contributed by atoms with Gasteiger partial charge in [0, 0.05) is 48.7 Å². The molecule has 3 aliphatic rings. The number of carboxylic acid groups (broad SMARTS) is 1. The van der Waals surface area contributed by atoms with Crippen LogP contribution in [-0.4, -0.2) is 62.6 Å². The number of piperidine rings is 2. The molecule has 2 atom stereocenters. The maximum absolute atomic E-state index is 11.0. The smallest absolute Gasteiger partial charge is 0.303 e. The van der Waals surface area contributed by atoms with Crippen molar-refractivity contribution in [3.63, 3.8) is 0 Å². The lowest BCUT2D eigenvalue weighted by Crippen LogP contribution is -2.62. The summed E-state index contributed by atoms with van der Waals surface area (Å²) < 4.78 is 0. The standard InChI is InChI=1S/C32H39ClN4O2/c1-2-3-4-7-18-36-21-27-16-15-26(36)22-37(27)20-23-10-17-28-30(19-23)34-29(8-5-6-9-31(38)39)32(35-28)24-11-13-25(33)14-12-24/h2-3,10-14,17,19,26-27H,4-9,15-16,18,20-22H2,1H3,(H,38,39)/b3-2-. The lowest BCUT2D eigenvalue weighted by molar-refractivity contribution is -0.137. The predicted molar refractivity (Wildman–Crippen MR) is 158 cm³/mol. The SMILES string of the molecule is C/C=C\CCCN1CC2CCC1CN2Cc1ccc2nc(-c3ccc(Cl)cc3)c(CCCCC(=O)O)nc2c1. The van der Waals surface area contributed by atoms with E-state index in [9.17, 15) is 4.79 Å². The summed E-state index contributed by atoms with van der Waals surface area (Å²) in [5.74, 6) is -0.759. The predicted octanol–water partition coefficient (Wildman–Crippen LogP) is 6.75. The van der Waals surface area contributed by atoms with Gasteiger partial charge in [-0.3, -0.25) is 14.6 Å². The van der Waals surface area contributed by atoms with Crippen molar-refractivity contribution >= 4 is 28.6 Å². The molecule has 0 aliphatic carbocycles. The normalized spacial score (nSPS) is 19.8. The highest BCUT2D eigenvalue weighted by molar-refractivity contribution is 6.30. The number of unbranched alkanes of at least 4 members (excludes halogenated alkanes) is 2. The monoisotopic (exact) mass is 546 g/mol. The van der Waals surface area contributed by atoms with E-state index in [0.717, 1.165) is 47.5 Å². The first-order valence-electron chi connectivity index (χ1n) is 14.4. The molecule has 2 bridgehead atoms. The van der Waals surface area contributed by atoms with E-state index in [-0.39, 0.29) is 6.42 Å². The third kappa shape index (κ3) is 7.05. The van der Waals surface area contributed by atoms with E-state index >= 15 is 0 Å². The van der Waals surface area contributed by atoms with Crippen LogP contribution in [0.15, 0.2) is 54.6 Å². The van der Waals surface area contributed by atoms with Crippen molar-refractivity contribution in [3.05, 3.63) is 70.9 Å². The summed E-state index contributed by atoms with van der Waals surface area (Å²) in [6, 6.07) is 15.5. The van der Waals surface area contributed by atoms with Crippen LogP contribution >= 0.6 is 11.6 Å². The molecule has 7 heteroatoms. The molecule has 206 valence electrons. The maximum atomic E-state index is 11.0. The van der Waals surface area contributed by atoms with Gasteiger partial charge in [-0.1, -0.05) is 42.0 Å². The van der Waals surface area contributed by atoms with Gasteiger partial charge in [-0.15, -0.1) is 0 Å². The van der Waals surface area contributed by atoms with Crippen LogP contribution in [0.5, 0.6) is 0 Å². The minimum absolute atomic E-state index is 0.173. The van der Waals surface area contributed by atoms with Crippen molar-refractivity contribution in [1.82, 2.24) is 19.8 Å². The van der Waals surface area contributed by atoms with Gasteiger partial charge in [-0.25, -0.2) is 9.97 Å². The van der Waals surface area contributed by atoms with Crippen LogP contribution < -0.4 is 0 Å². The Bertz CT molecular complexity index is 1310. The van der Waals surface area contributed by atoms with Crippen LogP contribution in [0.25, 0.3) is 22.3 Å². The summed E-state index contributed by atoms with van der Waals surface area (Å²) in [6.07, 6.45) is 11.7. The molecule has 0 spiro atoms. The van der Waals surface area contributed by atoms with E-state index in [1.807, 2.05) is 24.3 Å². The van der Waals surface area contributed by atoms with E-state index in [1.165, 1.54) is 44.3 Å². The van der Waals surface area contributed by atoms with Gasteiger partial charge >= 0.3 is 5.97 Å². The fourth-order valence-electron chi connectivity index (χ4n) is 6.10. The third-order valence-electron chi connectivity index (χ3n) is 8.17. The van der Waals surface area contributed by atoms with Gasteiger partial charge in [-0.2, -0.15) is 0 Å². The molecule has 2 unspecified atom stereocenters. The fourth-order valence-corrected chi connectivity index (χ4v) is 6.23. The zero-order chi connectivity index (χ0) is 27.2. The fraction of sp³-hybridized carbons (Fsp3) is 0.469. The molecule has 0 saturated carbocycles. The number of carbonyl (C=O) groups is 1. The molecule has 3 fully saturated rings. The zero-order valence-corrected chi connectivity index (χ0v) is 23.6. The Morgan fingerprint density at radius 1 is 1.00 bits per heavy atom. The third-order valence-corrected chi connectivity index (χ3v) is 8.42. The molecule has 39 heavy (non-hydrogen) atoms. The summed E-state index contributed by atoms with van der Waals surface area (Å²) in [4.78, 5) is 26.5. The lowest BCUT2D eigenvalue weighted by atomic mass is 9.90. The van der Waals surface area contributed by atoms with Crippen LogP contribution in [0, 0.1) is 0 Å². The second-order valence-corrected chi connectivity index (χ2v) is 11.4. The first kappa shape index (κ1) is 27.8. The summed E-state index contributed by atoms with van der Waals surface area (Å²) in [5.41, 5.74) is 5.81. The lowest BCUT2D eigenvalue weighted by Gasteiger charge is -2.51. The number of aliphatic carboxylic acids is 1. The van der Waals surface area contributed by atoms with Crippen LogP contribution in [0.2, 0.25) is 5.02 Å². The molecule has 0 radical (unpaired) electrons. The first-order chi connectivity index (χ1) is 19.0. The van der Waals surface area contributed by atoms with Crippen LogP contribution in [0.1, 0.15) is 63.1 Å². The number of nitrogens with zero attached hydrogens (tertiary/aromatic N) is 4. The number of piperazine rings is 1. The highest BCUT2D eigenvalue weighted by Gasteiger charge is 2.38. The summed E-state index contributed by atoms with van der Waals surface area (Å²) in [7, 11) is 0. The average molecular weight is 547 g/mol. The molecule has 3 aliphatic heterocycles. The number of rotatable bonds is 12. The van der Waals surface area contributed by atoms with E-state index in [1.54, 1.807) is 0 Å². The number of hydrogen-bond donors (Lipinski definition) is 1. The van der Waals surface area contributed by atoms with Gasteiger partial charge in [0.25, 0.3) is 0 Å². The van der Waals surface area contributed by atoms with Crippen molar-refractivity contribution in [3.8, 4) is 11.3 Å². The molecule has 4 heterocycles. The second-order valence-electron chi connectivity index (χ2n) is 11.0. The topological polar surface area (TPSA) is 69.6 Å². The van der Waals surface area contributed by atoms with E-state index in [4.69, 9.17) is 26.7 Å². The highest BCUT2D eigenvalue weighted by atomic mass is 35.5. The number of halogens is 1. The van der Waals surface area contributed by atoms with Crippen molar-refractivity contribution in [2.24, 2.45) is 0 Å². The molecular formula is C32H39ClN4O2. The number of carboxylic acids is 1. The number of allylic oxidation sites excluding steroid dienone is 2. The Morgan fingerprint density at radius 3 is 2.49 bits per heavy atom. The Balaban J connectivity index is 1.32. The van der Waals surface area contributed by atoms with E-state index in [2.05, 4.69) is 47.1 Å². The Hall–Kier alpha value is -2.80. The van der Waals surface area contributed by atoms with Crippen LogP contribution in [-0.2, 0) is 17.8 Å². The van der Waals surface area contributed by atoms with Gasteiger partial charge in [0.05, 0.1) is 22.4 Å². The minimum Gasteiger partial charge on any atom is -0.481 e. The second kappa shape index (κ2) is 13.0. The first-order valence-corrected chi connectivity index (χ1v) is 14.7. The minimum atomic E-state index is -0.759. The van der Waals surface area contributed by atoms with Gasteiger partial charge in [0.15, 0.2) is 0 Å². The van der Waals surface area contributed by atoms with E-state index < -0.39 is 5.97 Å². The highest BCUT2D eigenvalue weighted by Crippen LogP contribution is 2.31. The zero-order valence-electron chi connectivity index (χ0n) is 22.9. The molecule has 3 saturated heterocycles. The Kier molecular flexibility index (Phi) is 9.28. The molecular weight excluding hydrogens is 508 g/mol. The van der Waals surface area contributed by atoms with Crippen molar-refractivity contribution in [2.45, 2.75) is 76.9 Å². The van der Waals surface area contributed by atoms with Crippen molar-refractivity contribution < 1.29 is 9.90 Å². The molecule has 1 N–H and O–H groups in total. The van der Waals surface area contributed by atoms with Crippen molar-refractivity contribution in [2.75, 3.05) is 19.6 Å². The van der Waals surface area contributed by atoms with Gasteiger partial charge in [-0.05, 0) is 88.2 Å². The number of aromatic nitrogens is 2. The molecule has 3 aromatic rings. The van der Waals surface area contributed by atoms with Crippen LogP contribution in [0.4, 0.5) is 0 Å². The molecule has 0 amide bonds. The van der Waals surface area contributed by atoms with E-state index in [0.29, 0.717) is 29.9 Å². The summed E-state index contributed by atoms with van der Waals surface area (Å²) in [6.45, 7) is 6.57. The largest absolute Gasteiger partial charge is 0.481 e.